The summed E-state index contributed by atoms with van der Waals surface area (Å²) in [7, 11) is 2.14. The van der Waals surface area contributed by atoms with Crippen LogP contribution in [-0.2, 0) is 4.74 Å². The molecule has 140 valence electrons. The molecule has 2 unspecified atom stereocenters. The molecule has 0 aromatic carbocycles. The largest absolute Gasteiger partial charge is 0.374 e. The van der Waals surface area contributed by atoms with Crippen LogP contribution in [0.15, 0.2) is 4.99 Å². The molecule has 2 atom stereocenters. The van der Waals surface area contributed by atoms with Crippen LogP contribution in [0.5, 0.6) is 0 Å². The van der Waals surface area contributed by atoms with Gasteiger partial charge in [-0.2, -0.15) is 0 Å². The van der Waals surface area contributed by atoms with E-state index in [0.29, 0.717) is 0 Å². The summed E-state index contributed by atoms with van der Waals surface area (Å²) < 4.78 is 5.78. The van der Waals surface area contributed by atoms with Gasteiger partial charge in [0.05, 0.1) is 19.3 Å². The third kappa shape index (κ3) is 6.95. The van der Waals surface area contributed by atoms with Crippen molar-refractivity contribution in [3.63, 3.8) is 0 Å². The van der Waals surface area contributed by atoms with Gasteiger partial charge in [0.1, 0.15) is 0 Å². The fourth-order valence-electron chi connectivity index (χ4n) is 3.49. The molecule has 2 N–H and O–H groups in total. The maximum absolute atomic E-state index is 5.78. The van der Waals surface area contributed by atoms with E-state index in [1.807, 2.05) is 0 Å². The van der Waals surface area contributed by atoms with Crippen LogP contribution in [-0.4, -0.2) is 87.4 Å². The molecule has 24 heavy (non-hydrogen) atoms. The molecule has 0 aliphatic carbocycles. The van der Waals surface area contributed by atoms with Gasteiger partial charge in [-0.05, 0) is 46.7 Å². The zero-order chi connectivity index (χ0) is 17.2. The van der Waals surface area contributed by atoms with Gasteiger partial charge in [-0.15, -0.1) is 0 Å². The van der Waals surface area contributed by atoms with Gasteiger partial charge in [-0.3, -0.25) is 4.99 Å². The summed E-state index contributed by atoms with van der Waals surface area (Å²) in [5.74, 6) is 0.918. The zero-order valence-electron chi connectivity index (χ0n) is 15.9. The van der Waals surface area contributed by atoms with E-state index in [9.17, 15) is 0 Å². The highest BCUT2D eigenvalue weighted by Crippen LogP contribution is 2.16. The quantitative estimate of drug-likeness (QED) is 0.414. The van der Waals surface area contributed by atoms with Gasteiger partial charge in [-0.1, -0.05) is 6.42 Å². The van der Waals surface area contributed by atoms with E-state index in [0.717, 1.165) is 57.8 Å². The Morgan fingerprint density at radius 1 is 1.25 bits per heavy atom. The first-order chi connectivity index (χ1) is 11.7. The summed E-state index contributed by atoms with van der Waals surface area (Å²) in [5, 5.41) is 6.81. The Bertz CT molecular complexity index is 376. The summed E-state index contributed by atoms with van der Waals surface area (Å²) in [4.78, 5) is 9.64. The SMILES string of the molecule is CCNC(=NCC1CN(C)CCO1)NCCCN1CCCCC1C. The predicted molar refractivity (Wildman–Crippen MR) is 101 cm³/mol. The number of nitrogens with one attached hydrogen (secondary N) is 2. The van der Waals surface area contributed by atoms with Crippen LogP contribution >= 0.6 is 0 Å². The molecule has 2 heterocycles. The first-order valence-corrected chi connectivity index (χ1v) is 9.75. The second kappa shape index (κ2) is 10.9. The Hall–Kier alpha value is -0.850. The first kappa shape index (κ1) is 19.5. The molecule has 2 aliphatic rings. The minimum absolute atomic E-state index is 0.216. The van der Waals surface area contributed by atoms with Crippen molar-refractivity contribution in [1.82, 2.24) is 20.4 Å². The third-order valence-corrected chi connectivity index (χ3v) is 4.99. The number of hydrogen-bond acceptors (Lipinski definition) is 4. The normalized spacial score (nSPS) is 27.2. The molecule has 0 aromatic heterocycles. The highest BCUT2D eigenvalue weighted by Gasteiger charge is 2.18. The number of piperidine rings is 1. The lowest BCUT2D eigenvalue weighted by Gasteiger charge is -2.33. The Morgan fingerprint density at radius 2 is 2.12 bits per heavy atom. The molecule has 2 aliphatic heterocycles. The Balaban J connectivity index is 1.67. The lowest BCUT2D eigenvalue weighted by molar-refractivity contribution is -0.0136. The van der Waals surface area contributed by atoms with Gasteiger partial charge in [0.2, 0.25) is 0 Å². The average Bonchev–Trinajstić information content (AvgIpc) is 2.58. The number of likely N-dealkylation sites (tertiary alicyclic amines) is 1. The van der Waals surface area contributed by atoms with E-state index in [2.05, 4.69) is 41.3 Å². The molecule has 2 rings (SSSR count). The first-order valence-electron chi connectivity index (χ1n) is 9.75. The number of nitrogens with zero attached hydrogens (tertiary/aromatic N) is 3. The maximum atomic E-state index is 5.78. The molecule has 0 bridgehead atoms. The molecule has 2 fully saturated rings. The van der Waals surface area contributed by atoms with Gasteiger partial charge < -0.3 is 25.2 Å². The predicted octanol–water partition coefficient (Wildman–Crippen LogP) is 1.14. The van der Waals surface area contributed by atoms with Gasteiger partial charge in [0.15, 0.2) is 5.96 Å². The maximum Gasteiger partial charge on any atom is 0.191 e. The smallest absolute Gasteiger partial charge is 0.191 e. The van der Waals surface area contributed by atoms with Crippen molar-refractivity contribution in [3.05, 3.63) is 0 Å². The van der Waals surface area contributed by atoms with E-state index in [4.69, 9.17) is 9.73 Å². The van der Waals surface area contributed by atoms with E-state index in [1.54, 1.807) is 0 Å². The van der Waals surface area contributed by atoms with Gasteiger partial charge in [0, 0.05) is 38.8 Å². The fraction of sp³-hybridized carbons (Fsp3) is 0.944. The van der Waals surface area contributed by atoms with Crippen molar-refractivity contribution in [2.75, 3.05) is 59.5 Å². The standard InChI is InChI=1S/C18H37N5O/c1-4-19-18(21-14-17-15-22(3)12-13-24-17)20-9-7-11-23-10-6-5-8-16(23)2/h16-17H,4-15H2,1-3H3,(H2,19,20,21). The number of rotatable bonds is 7. The average molecular weight is 340 g/mol. The van der Waals surface area contributed by atoms with Gasteiger partial charge >= 0.3 is 0 Å². The molecule has 0 spiro atoms. The Labute approximate surface area is 148 Å². The number of morpholine rings is 1. The van der Waals surface area contributed by atoms with Crippen molar-refractivity contribution in [2.45, 2.75) is 51.7 Å². The highest BCUT2D eigenvalue weighted by atomic mass is 16.5. The number of ether oxygens (including phenoxy) is 1. The number of guanidine groups is 1. The number of hydrogen-bond donors (Lipinski definition) is 2. The van der Waals surface area contributed by atoms with Crippen LogP contribution in [0.4, 0.5) is 0 Å². The molecular formula is C18H37N5O. The Kier molecular flexibility index (Phi) is 8.84. The molecule has 0 amide bonds. The van der Waals surface area contributed by atoms with Crippen molar-refractivity contribution < 1.29 is 4.74 Å². The molecule has 0 saturated carbocycles. The fourth-order valence-corrected chi connectivity index (χ4v) is 3.49. The van der Waals surface area contributed by atoms with E-state index >= 15 is 0 Å². The van der Waals surface area contributed by atoms with Gasteiger partial charge in [-0.25, -0.2) is 0 Å². The summed E-state index contributed by atoms with van der Waals surface area (Å²) in [6.07, 6.45) is 5.49. The van der Waals surface area contributed by atoms with Crippen LogP contribution in [0, 0.1) is 0 Å². The Morgan fingerprint density at radius 3 is 2.88 bits per heavy atom. The highest BCUT2D eigenvalue weighted by molar-refractivity contribution is 5.79. The number of likely N-dealkylation sites (N-methyl/N-ethyl adjacent to an activating group) is 1. The van der Waals surface area contributed by atoms with Crippen molar-refractivity contribution in [3.8, 4) is 0 Å². The van der Waals surface area contributed by atoms with Crippen LogP contribution in [0.25, 0.3) is 0 Å². The summed E-state index contributed by atoms with van der Waals surface area (Å²) in [5.41, 5.74) is 0. The van der Waals surface area contributed by atoms with Crippen molar-refractivity contribution in [1.29, 1.82) is 0 Å². The van der Waals surface area contributed by atoms with E-state index in [-0.39, 0.29) is 6.10 Å². The third-order valence-electron chi connectivity index (χ3n) is 4.99. The second-order valence-electron chi connectivity index (χ2n) is 7.14. The van der Waals surface area contributed by atoms with Crippen LogP contribution in [0.3, 0.4) is 0 Å². The molecule has 2 saturated heterocycles. The zero-order valence-corrected chi connectivity index (χ0v) is 15.9. The van der Waals surface area contributed by atoms with Crippen molar-refractivity contribution >= 4 is 5.96 Å². The summed E-state index contributed by atoms with van der Waals surface area (Å²) in [6.45, 7) is 12.3. The topological polar surface area (TPSA) is 52.1 Å². The molecule has 6 nitrogen and oxygen atoms in total. The second-order valence-corrected chi connectivity index (χ2v) is 7.14. The van der Waals surface area contributed by atoms with Crippen LogP contribution in [0.1, 0.15) is 39.5 Å². The lowest BCUT2D eigenvalue weighted by Crippen LogP contribution is -2.43. The summed E-state index contributed by atoms with van der Waals surface area (Å²) in [6, 6.07) is 0.751. The van der Waals surface area contributed by atoms with E-state index < -0.39 is 0 Å². The van der Waals surface area contributed by atoms with E-state index in [1.165, 1.54) is 32.4 Å². The lowest BCUT2D eigenvalue weighted by atomic mass is 10.0. The minimum atomic E-state index is 0.216. The van der Waals surface area contributed by atoms with Crippen LogP contribution in [0.2, 0.25) is 0 Å². The molecule has 0 radical (unpaired) electrons. The molecule has 0 aromatic rings. The monoisotopic (exact) mass is 339 g/mol. The van der Waals surface area contributed by atoms with Crippen LogP contribution < -0.4 is 10.6 Å². The van der Waals surface area contributed by atoms with Crippen molar-refractivity contribution in [2.24, 2.45) is 4.99 Å². The number of aliphatic imine (C=N–C) groups is 1. The van der Waals surface area contributed by atoms with Gasteiger partial charge in [0.25, 0.3) is 0 Å². The summed E-state index contributed by atoms with van der Waals surface area (Å²) >= 11 is 0. The molecule has 6 heteroatoms. The molecular weight excluding hydrogens is 302 g/mol. The minimum Gasteiger partial charge on any atom is -0.374 e.